The average Bonchev–Trinajstić information content (AvgIpc) is 2.99. The molecule has 2 rings (SSSR count). The maximum absolute atomic E-state index is 3.71. The predicted octanol–water partition coefficient (Wildman–Crippen LogP) is 1.70. The van der Waals surface area contributed by atoms with Crippen LogP contribution in [0.2, 0.25) is 13.1 Å². The summed E-state index contributed by atoms with van der Waals surface area (Å²) >= 11 is 2.22. The van der Waals surface area contributed by atoms with Gasteiger partial charge < -0.3 is 24.8 Å². The van der Waals surface area contributed by atoms with Crippen LogP contribution >= 0.6 is 11.8 Å². The van der Waals surface area contributed by atoms with Crippen LogP contribution in [0.5, 0.6) is 0 Å². The molecular weight excluding hydrogens is 467 g/mol. The number of hydrogen-bond acceptors (Lipinski definition) is 1. The molecule has 29 heavy (non-hydrogen) atoms. The molecule has 0 N–H and O–H groups in total. The summed E-state index contributed by atoms with van der Waals surface area (Å²) in [5, 5.41) is 2.14. The first-order valence-corrected chi connectivity index (χ1v) is 14.0. The van der Waals surface area contributed by atoms with Gasteiger partial charge in [-0.2, -0.15) is 17.8 Å². The van der Waals surface area contributed by atoms with E-state index in [1.54, 1.807) is 5.57 Å². The summed E-state index contributed by atoms with van der Waals surface area (Å²) in [5.74, 6) is 0. The van der Waals surface area contributed by atoms with Crippen LogP contribution in [-0.4, -0.2) is 17.7 Å². The van der Waals surface area contributed by atoms with Gasteiger partial charge in [0.15, 0.2) is 0 Å². The minimum Gasteiger partial charge on any atom is -1.00 e. The molecule has 0 saturated carbocycles. The fraction of sp³-hybridized carbons (Fsp3) is 0.667. The largest absolute Gasteiger partial charge is 3.00 e. The van der Waals surface area contributed by atoms with Crippen molar-refractivity contribution in [2.75, 3.05) is 0 Å². The molecule has 0 spiro atoms. The molecule has 2 aliphatic carbocycles. The summed E-state index contributed by atoms with van der Waals surface area (Å²) in [6.45, 7) is 24.1. The smallest absolute Gasteiger partial charge is 1.00 e. The van der Waals surface area contributed by atoms with Crippen molar-refractivity contribution >= 4 is 19.8 Å². The van der Waals surface area contributed by atoms with Gasteiger partial charge in [0.25, 0.3) is 0 Å². The van der Waals surface area contributed by atoms with Gasteiger partial charge in [0, 0.05) is 4.37 Å². The molecular formula is C24H39Cl2SSiTi. The molecule has 0 aromatic rings. The maximum atomic E-state index is 3.71. The van der Waals surface area contributed by atoms with E-state index in [0.717, 1.165) is 12.8 Å². The molecule has 2 aliphatic rings. The predicted molar refractivity (Wildman–Crippen MR) is 123 cm³/mol. The number of rotatable bonds is 4. The molecule has 1 unspecified atom stereocenters. The van der Waals surface area contributed by atoms with E-state index in [1.807, 2.05) is 0 Å². The number of allylic oxidation sites excluding steroid dienone is 7. The van der Waals surface area contributed by atoms with Crippen molar-refractivity contribution in [2.24, 2.45) is 10.8 Å². The summed E-state index contributed by atoms with van der Waals surface area (Å²) in [7, 11) is -1.78. The molecule has 0 heterocycles. The normalized spacial score (nSPS) is 22.1. The van der Waals surface area contributed by atoms with Crippen molar-refractivity contribution in [1.82, 2.24) is 0 Å². The van der Waals surface area contributed by atoms with Gasteiger partial charge in [-0.3, -0.25) is 6.08 Å². The van der Waals surface area contributed by atoms with Crippen molar-refractivity contribution in [3.8, 4) is 0 Å². The molecule has 0 bridgehead atoms. The molecule has 0 aromatic carbocycles. The van der Waals surface area contributed by atoms with E-state index in [4.69, 9.17) is 0 Å². The van der Waals surface area contributed by atoms with Crippen molar-refractivity contribution in [1.29, 1.82) is 0 Å². The molecule has 163 valence electrons. The number of halogens is 2. The molecule has 0 aliphatic heterocycles. The standard InChI is InChI=1S/C24H39SSi.2ClH.Ti/c1-18(2)25-24(26(9,10)20-13-11-12-14-20)16-15-19(22(3,4)5)17-21(24)23(6,7)8;;;/h11,13,15,17-18H,12,16H2,1-10H3;2*1H;/q-1;;;+3/p-2. The molecule has 1 atom stereocenters. The van der Waals surface area contributed by atoms with Gasteiger partial charge in [0.2, 0.25) is 0 Å². The second kappa shape index (κ2) is 11.1. The summed E-state index contributed by atoms with van der Waals surface area (Å²) in [6.07, 6.45) is 15.7. The Labute approximate surface area is 213 Å². The maximum Gasteiger partial charge on any atom is 3.00 e. The van der Waals surface area contributed by atoms with Crippen LogP contribution in [0, 0.1) is 16.9 Å². The van der Waals surface area contributed by atoms with Crippen LogP contribution in [0.4, 0.5) is 0 Å². The van der Waals surface area contributed by atoms with Crippen LogP contribution < -0.4 is 24.8 Å². The Morgan fingerprint density at radius 3 is 1.97 bits per heavy atom. The Balaban J connectivity index is 0. The van der Waals surface area contributed by atoms with Crippen LogP contribution in [0.15, 0.2) is 40.6 Å². The van der Waals surface area contributed by atoms with Gasteiger partial charge in [0.05, 0.1) is 8.07 Å². The van der Waals surface area contributed by atoms with E-state index in [-0.39, 0.29) is 61.7 Å². The minimum absolute atomic E-state index is 0. The van der Waals surface area contributed by atoms with Gasteiger partial charge in [-0.15, -0.1) is 6.42 Å². The Kier molecular flexibility index (Phi) is 12.3. The van der Waals surface area contributed by atoms with Crippen molar-refractivity contribution in [3.05, 3.63) is 46.7 Å². The quantitative estimate of drug-likeness (QED) is 0.414. The van der Waals surface area contributed by atoms with Gasteiger partial charge in [-0.25, -0.2) is 11.3 Å². The zero-order chi connectivity index (χ0) is 20.0. The first-order valence-electron chi connectivity index (χ1n) is 10.1. The minimum atomic E-state index is -1.78. The third-order valence-corrected chi connectivity index (χ3v) is 13.2. The molecule has 5 heteroatoms. The van der Waals surface area contributed by atoms with Crippen LogP contribution in [0.25, 0.3) is 0 Å². The zero-order valence-corrected chi connectivity index (χ0v) is 24.9. The summed E-state index contributed by atoms with van der Waals surface area (Å²) in [6, 6.07) is 0. The van der Waals surface area contributed by atoms with E-state index in [1.165, 1.54) is 10.8 Å². The Morgan fingerprint density at radius 2 is 1.59 bits per heavy atom. The van der Waals surface area contributed by atoms with E-state index >= 15 is 0 Å². The summed E-state index contributed by atoms with van der Waals surface area (Å²) in [4.78, 5) is 0. The first-order chi connectivity index (χ1) is 11.7. The van der Waals surface area contributed by atoms with Gasteiger partial charge in [0.1, 0.15) is 0 Å². The van der Waals surface area contributed by atoms with Crippen LogP contribution in [-0.2, 0) is 21.7 Å². The van der Waals surface area contributed by atoms with Gasteiger partial charge >= 0.3 is 21.7 Å². The Hall–Kier alpha value is 0.821. The van der Waals surface area contributed by atoms with Crippen molar-refractivity contribution in [2.45, 2.75) is 90.9 Å². The number of thioether (sulfide) groups is 1. The fourth-order valence-corrected chi connectivity index (χ4v) is 11.3. The van der Waals surface area contributed by atoms with Crippen molar-refractivity contribution < 1.29 is 46.5 Å². The van der Waals surface area contributed by atoms with Crippen LogP contribution in [0.3, 0.4) is 0 Å². The number of hydrogen-bond donors (Lipinski definition) is 0. The molecule has 1 radical (unpaired) electrons. The topological polar surface area (TPSA) is 0 Å². The fourth-order valence-electron chi connectivity index (χ4n) is 4.34. The van der Waals surface area contributed by atoms with E-state index < -0.39 is 8.07 Å². The van der Waals surface area contributed by atoms with Crippen molar-refractivity contribution in [3.63, 3.8) is 0 Å². The molecule has 0 nitrogen and oxygen atoms in total. The Morgan fingerprint density at radius 1 is 1.03 bits per heavy atom. The molecule has 0 fully saturated rings. The summed E-state index contributed by atoms with van der Waals surface area (Å²) in [5.41, 5.74) is 3.53. The zero-order valence-electron chi connectivity index (χ0n) is 20.0. The SMILES string of the molecule is CC(C)SC1([Si](C)(C)C2=[C-]CC=C2)CC=C(C(C)(C)C)C=C1C(C)(C)C.[Cl-].[Cl-].[Ti+3]. The van der Waals surface area contributed by atoms with Crippen LogP contribution in [0.1, 0.15) is 68.2 Å². The van der Waals surface area contributed by atoms with Gasteiger partial charge in [-0.1, -0.05) is 86.2 Å². The second-order valence-corrected chi connectivity index (χ2v) is 17.6. The molecule has 0 amide bonds. The monoisotopic (exact) mass is 505 g/mol. The molecule has 0 aromatic heterocycles. The van der Waals surface area contributed by atoms with E-state index in [0.29, 0.717) is 5.25 Å². The van der Waals surface area contributed by atoms with Gasteiger partial charge in [-0.05, 0) is 28.1 Å². The van der Waals surface area contributed by atoms with E-state index in [2.05, 4.69) is 111 Å². The second-order valence-electron chi connectivity index (χ2n) is 10.7. The molecule has 0 saturated heterocycles. The third-order valence-electron chi connectivity index (χ3n) is 5.83. The first kappa shape index (κ1) is 32.0. The Bertz CT molecular complexity index is 676. The third kappa shape index (κ3) is 6.65. The average molecular weight is 507 g/mol. The van der Waals surface area contributed by atoms with E-state index in [9.17, 15) is 0 Å². The summed E-state index contributed by atoms with van der Waals surface area (Å²) < 4.78 is 0.200.